The Morgan fingerprint density at radius 3 is 2.81 bits per heavy atom. The van der Waals surface area contributed by atoms with Gasteiger partial charge >= 0.3 is 0 Å². The molecule has 2 atom stereocenters. The predicted octanol–water partition coefficient (Wildman–Crippen LogP) is 1.98. The summed E-state index contributed by atoms with van der Waals surface area (Å²) >= 11 is 0. The summed E-state index contributed by atoms with van der Waals surface area (Å²) in [6.07, 6.45) is 4.46. The molecule has 2 nitrogen and oxygen atoms in total. The Hall–Kier alpha value is -0.860. The van der Waals surface area contributed by atoms with Crippen molar-refractivity contribution in [3.8, 4) is 0 Å². The zero-order valence-electron chi connectivity index (χ0n) is 9.73. The van der Waals surface area contributed by atoms with Crippen molar-refractivity contribution in [1.29, 1.82) is 0 Å². The molecule has 0 unspecified atom stereocenters. The minimum absolute atomic E-state index is 0.135. The van der Waals surface area contributed by atoms with E-state index >= 15 is 0 Å². The Labute approximate surface area is 97.7 Å². The standard InChI is InChI=1S/C14H21NO/c16-14-11-15-10-9-13(14)8-4-7-12-5-2-1-3-6-12/h1-3,5-6,13-16H,4,7-11H2/t13-,14+/m0/s1. The van der Waals surface area contributed by atoms with E-state index < -0.39 is 0 Å². The molecule has 88 valence electrons. The van der Waals surface area contributed by atoms with Gasteiger partial charge in [-0.1, -0.05) is 30.3 Å². The molecule has 1 aliphatic heterocycles. The van der Waals surface area contributed by atoms with Gasteiger partial charge in [0.2, 0.25) is 0 Å². The van der Waals surface area contributed by atoms with Crippen molar-refractivity contribution in [2.75, 3.05) is 13.1 Å². The molecular formula is C14H21NO. The Bertz CT molecular complexity index is 299. The Morgan fingerprint density at radius 2 is 2.06 bits per heavy atom. The molecule has 0 aliphatic carbocycles. The summed E-state index contributed by atoms with van der Waals surface area (Å²) in [6.45, 7) is 1.84. The van der Waals surface area contributed by atoms with Crippen molar-refractivity contribution >= 4 is 0 Å². The second-order valence-corrected chi connectivity index (χ2v) is 4.70. The summed E-state index contributed by atoms with van der Waals surface area (Å²) in [5.74, 6) is 0.505. The van der Waals surface area contributed by atoms with E-state index in [1.54, 1.807) is 0 Å². The van der Waals surface area contributed by atoms with Crippen LogP contribution in [-0.4, -0.2) is 24.3 Å². The van der Waals surface area contributed by atoms with Crippen LogP contribution in [0.15, 0.2) is 30.3 Å². The number of β-amino-alcohol motifs (C(OH)–C–C–N with tert-alkyl or cyclic N) is 1. The van der Waals surface area contributed by atoms with Gasteiger partial charge in [0.25, 0.3) is 0 Å². The monoisotopic (exact) mass is 219 g/mol. The van der Waals surface area contributed by atoms with E-state index in [0.29, 0.717) is 5.92 Å². The van der Waals surface area contributed by atoms with Crippen LogP contribution in [0.4, 0.5) is 0 Å². The quantitative estimate of drug-likeness (QED) is 0.811. The lowest BCUT2D eigenvalue weighted by molar-refractivity contribution is 0.0761. The third kappa shape index (κ3) is 3.32. The van der Waals surface area contributed by atoms with Crippen LogP contribution in [0.1, 0.15) is 24.8 Å². The summed E-state index contributed by atoms with van der Waals surface area (Å²) in [6, 6.07) is 10.6. The van der Waals surface area contributed by atoms with Crippen LogP contribution in [0.5, 0.6) is 0 Å². The van der Waals surface area contributed by atoms with E-state index in [1.807, 2.05) is 0 Å². The molecule has 0 aromatic heterocycles. The normalized spacial score (nSPS) is 25.6. The third-order valence-corrected chi connectivity index (χ3v) is 3.47. The first-order chi connectivity index (χ1) is 7.86. The maximum Gasteiger partial charge on any atom is 0.0693 e. The number of nitrogens with one attached hydrogen (secondary N) is 1. The zero-order chi connectivity index (χ0) is 11.2. The molecule has 1 aromatic carbocycles. The SMILES string of the molecule is O[C@@H]1CNCC[C@@H]1CCCc1ccccc1. The highest BCUT2D eigenvalue weighted by Gasteiger charge is 2.21. The first-order valence-corrected chi connectivity index (χ1v) is 6.29. The first kappa shape index (κ1) is 11.6. The number of hydrogen-bond acceptors (Lipinski definition) is 2. The van der Waals surface area contributed by atoms with Gasteiger partial charge in [0.1, 0.15) is 0 Å². The van der Waals surface area contributed by atoms with Gasteiger partial charge in [-0.2, -0.15) is 0 Å². The maximum atomic E-state index is 9.80. The number of benzene rings is 1. The number of aryl methyl sites for hydroxylation is 1. The van der Waals surface area contributed by atoms with Gasteiger partial charge in [0.15, 0.2) is 0 Å². The van der Waals surface area contributed by atoms with E-state index in [4.69, 9.17) is 0 Å². The Morgan fingerprint density at radius 1 is 1.25 bits per heavy atom. The summed E-state index contributed by atoms with van der Waals surface area (Å²) in [5.41, 5.74) is 1.41. The number of aliphatic hydroxyl groups is 1. The third-order valence-electron chi connectivity index (χ3n) is 3.47. The molecule has 0 radical (unpaired) electrons. The van der Waals surface area contributed by atoms with Gasteiger partial charge in [-0.25, -0.2) is 0 Å². The fourth-order valence-electron chi connectivity index (χ4n) is 2.45. The van der Waals surface area contributed by atoms with Crippen molar-refractivity contribution in [3.63, 3.8) is 0 Å². The zero-order valence-corrected chi connectivity index (χ0v) is 9.73. The van der Waals surface area contributed by atoms with Crippen molar-refractivity contribution in [2.45, 2.75) is 31.8 Å². The van der Waals surface area contributed by atoms with Gasteiger partial charge in [0, 0.05) is 6.54 Å². The lowest BCUT2D eigenvalue weighted by Crippen LogP contribution is -2.40. The predicted molar refractivity (Wildman–Crippen MR) is 66.4 cm³/mol. The number of piperidine rings is 1. The lowest BCUT2D eigenvalue weighted by atomic mass is 9.89. The highest BCUT2D eigenvalue weighted by Crippen LogP contribution is 2.19. The van der Waals surface area contributed by atoms with E-state index in [-0.39, 0.29) is 6.10 Å². The summed E-state index contributed by atoms with van der Waals surface area (Å²) in [4.78, 5) is 0. The van der Waals surface area contributed by atoms with Crippen molar-refractivity contribution < 1.29 is 5.11 Å². The van der Waals surface area contributed by atoms with Crippen LogP contribution in [0.2, 0.25) is 0 Å². The highest BCUT2D eigenvalue weighted by molar-refractivity contribution is 5.14. The minimum atomic E-state index is -0.135. The molecule has 1 aliphatic rings. The Balaban J connectivity index is 1.71. The number of aliphatic hydroxyl groups excluding tert-OH is 1. The molecule has 0 amide bonds. The fraction of sp³-hybridized carbons (Fsp3) is 0.571. The summed E-state index contributed by atoms with van der Waals surface area (Å²) < 4.78 is 0. The number of rotatable bonds is 4. The van der Waals surface area contributed by atoms with E-state index in [9.17, 15) is 5.11 Å². The van der Waals surface area contributed by atoms with Crippen LogP contribution in [0.25, 0.3) is 0 Å². The van der Waals surface area contributed by atoms with Crippen molar-refractivity contribution in [1.82, 2.24) is 5.32 Å². The van der Waals surface area contributed by atoms with Gasteiger partial charge in [-0.15, -0.1) is 0 Å². The van der Waals surface area contributed by atoms with Crippen LogP contribution in [0, 0.1) is 5.92 Å². The molecule has 2 rings (SSSR count). The topological polar surface area (TPSA) is 32.3 Å². The lowest BCUT2D eigenvalue weighted by Gasteiger charge is -2.28. The van der Waals surface area contributed by atoms with Crippen LogP contribution < -0.4 is 5.32 Å². The van der Waals surface area contributed by atoms with Gasteiger partial charge in [0.05, 0.1) is 6.10 Å². The highest BCUT2D eigenvalue weighted by atomic mass is 16.3. The summed E-state index contributed by atoms with van der Waals surface area (Å²) in [7, 11) is 0. The Kier molecular flexibility index (Phi) is 4.37. The average molecular weight is 219 g/mol. The minimum Gasteiger partial charge on any atom is -0.392 e. The van der Waals surface area contributed by atoms with Crippen molar-refractivity contribution in [3.05, 3.63) is 35.9 Å². The van der Waals surface area contributed by atoms with E-state index in [2.05, 4.69) is 35.6 Å². The molecule has 0 saturated carbocycles. The van der Waals surface area contributed by atoms with Crippen LogP contribution in [-0.2, 0) is 6.42 Å². The second kappa shape index (κ2) is 6.02. The molecule has 0 bridgehead atoms. The largest absolute Gasteiger partial charge is 0.392 e. The smallest absolute Gasteiger partial charge is 0.0693 e. The molecule has 1 heterocycles. The van der Waals surface area contributed by atoms with Crippen LogP contribution >= 0.6 is 0 Å². The first-order valence-electron chi connectivity index (χ1n) is 6.29. The molecule has 2 heteroatoms. The van der Waals surface area contributed by atoms with E-state index in [1.165, 1.54) is 12.0 Å². The second-order valence-electron chi connectivity index (χ2n) is 4.70. The average Bonchev–Trinajstić information content (AvgIpc) is 2.33. The van der Waals surface area contributed by atoms with Crippen molar-refractivity contribution in [2.24, 2.45) is 5.92 Å². The van der Waals surface area contributed by atoms with Gasteiger partial charge in [-0.05, 0) is 43.7 Å². The maximum absolute atomic E-state index is 9.80. The molecule has 2 N–H and O–H groups in total. The molecule has 0 spiro atoms. The molecule has 1 aromatic rings. The fourth-order valence-corrected chi connectivity index (χ4v) is 2.45. The summed E-state index contributed by atoms with van der Waals surface area (Å²) in [5, 5.41) is 13.0. The van der Waals surface area contributed by atoms with Gasteiger partial charge in [-0.3, -0.25) is 0 Å². The van der Waals surface area contributed by atoms with Gasteiger partial charge < -0.3 is 10.4 Å². The molecule has 1 saturated heterocycles. The van der Waals surface area contributed by atoms with Crippen LogP contribution in [0.3, 0.4) is 0 Å². The van der Waals surface area contributed by atoms with E-state index in [0.717, 1.165) is 32.4 Å². The molecule has 1 fully saturated rings. The number of hydrogen-bond donors (Lipinski definition) is 2. The molecule has 16 heavy (non-hydrogen) atoms. The molecular weight excluding hydrogens is 198 g/mol.